The van der Waals surface area contributed by atoms with Crippen LogP contribution in [0.25, 0.3) is 11.3 Å². The summed E-state index contributed by atoms with van der Waals surface area (Å²) in [6, 6.07) is 14.4. The second kappa shape index (κ2) is 6.50. The Balaban J connectivity index is 1.87. The van der Waals surface area contributed by atoms with Crippen LogP contribution in [0.5, 0.6) is 0 Å². The normalized spacial score (nSPS) is 21.3. The maximum Gasteiger partial charge on any atom is 0.256 e. The van der Waals surface area contributed by atoms with Gasteiger partial charge >= 0.3 is 0 Å². The lowest BCUT2D eigenvalue weighted by Gasteiger charge is -2.38. The van der Waals surface area contributed by atoms with Crippen LogP contribution in [0.15, 0.2) is 42.5 Å². The van der Waals surface area contributed by atoms with Crippen molar-refractivity contribution in [3.05, 3.63) is 53.7 Å². The molecule has 2 aromatic rings. The van der Waals surface area contributed by atoms with Crippen LogP contribution in [-0.4, -0.2) is 41.0 Å². The summed E-state index contributed by atoms with van der Waals surface area (Å²) in [5.74, 6) is 0.0791. The molecule has 0 radical (unpaired) electrons. The fourth-order valence-corrected chi connectivity index (χ4v) is 3.05. The molecule has 0 saturated carbocycles. The van der Waals surface area contributed by atoms with E-state index in [0.29, 0.717) is 11.6 Å². The van der Waals surface area contributed by atoms with Gasteiger partial charge in [-0.2, -0.15) is 0 Å². The van der Waals surface area contributed by atoms with Crippen LogP contribution in [0, 0.1) is 6.92 Å². The first-order valence-corrected chi connectivity index (χ1v) is 8.15. The van der Waals surface area contributed by atoms with Crippen molar-refractivity contribution < 1.29 is 4.79 Å². The van der Waals surface area contributed by atoms with E-state index in [1.54, 1.807) is 0 Å². The number of nitrogens with zero attached hydrogens (tertiary/aromatic N) is 2. The van der Waals surface area contributed by atoms with E-state index in [1.807, 2.05) is 54.3 Å². The molecule has 0 bridgehead atoms. The molecule has 2 heterocycles. The number of hydrogen-bond acceptors (Lipinski definition) is 3. The molecular formula is C19H23N3O. The Labute approximate surface area is 137 Å². The van der Waals surface area contributed by atoms with Crippen molar-refractivity contribution in [3.8, 4) is 11.3 Å². The minimum atomic E-state index is 0.0791. The fourth-order valence-electron chi connectivity index (χ4n) is 3.05. The van der Waals surface area contributed by atoms with Crippen LogP contribution in [0.1, 0.15) is 29.9 Å². The van der Waals surface area contributed by atoms with Crippen LogP contribution >= 0.6 is 0 Å². The number of carbonyl (C=O) groups is 1. The molecule has 23 heavy (non-hydrogen) atoms. The van der Waals surface area contributed by atoms with Gasteiger partial charge in [0, 0.05) is 30.7 Å². The zero-order valence-electron chi connectivity index (χ0n) is 13.9. The first kappa shape index (κ1) is 15.7. The van der Waals surface area contributed by atoms with Gasteiger partial charge in [0.25, 0.3) is 5.91 Å². The lowest BCUT2D eigenvalue weighted by atomic mass is 10.0. The van der Waals surface area contributed by atoms with Gasteiger partial charge in [0.1, 0.15) is 0 Å². The summed E-state index contributed by atoms with van der Waals surface area (Å²) >= 11 is 0. The minimum absolute atomic E-state index is 0.0791. The summed E-state index contributed by atoms with van der Waals surface area (Å²) in [5.41, 5.74) is 3.46. The predicted molar refractivity (Wildman–Crippen MR) is 92.4 cm³/mol. The Kier molecular flexibility index (Phi) is 4.44. The maximum atomic E-state index is 12.9. The van der Waals surface area contributed by atoms with Gasteiger partial charge in [-0.3, -0.25) is 9.78 Å². The highest BCUT2D eigenvalue weighted by Crippen LogP contribution is 2.21. The standard InChI is InChI=1S/C19H23N3O/c1-13-15(3)22(12-11-20-13)19(23)17-9-10-18(21-14(17)2)16-7-5-4-6-8-16/h4-10,13,15,20H,11-12H2,1-3H3. The molecular weight excluding hydrogens is 286 g/mol. The lowest BCUT2D eigenvalue weighted by molar-refractivity contribution is 0.0601. The average molecular weight is 309 g/mol. The van der Waals surface area contributed by atoms with Crippen molar-refractivity contribution in [2.24, 2.45) is 0 Å². The van der Waals surface area contributed by atoms with Crippen LogP contribution in [0.3, 0.4) is 0 Å². The second-order valence-corrected chi connectivity index (χ2v) is 6.18. The van der Waals surface area contributed by atoms with Crippen molar-refractivity contribution in [3.63, 3.8) is 0 Å². The Morgan fingerprint density at radius 1 is 1.17 bits per heavy atom. The quantitative estimate of drug-likeness (QED) is 0.928. The smallest absolute Gasteiger partial charge is 0.256 e. The van der Waals surface area contributed by atoms with Crippen molar-refractivity contribution in [1.29, 1.82) is 0 Å². The molecule has 3 rings (SSSR count). The number of piperazine rings is 1. The molecule has 1 aromatic heterocycles. The van der Waals surface area contributed by atoms with Crippen LogP contribution in [-0.2, 0) is 0 Å². The number of carbonyl (C=O) groups excluding carboxylic acids is 1. The third-order valence-corrected chi connectivity index (χ3v) is 4.68. The van der Waals surface area contributed by atoms with Crippen LogP contribution in [0.4, 0.5) is 0 Å². The summed E-state index contributed by atoms with van der Waals surface area (Å²) in [6.07, 6.45) is 0. The molecule has 1 aliphatic heterocycles. The van der Waals surface area contributed by atoms with E-state index >= 15 is 0 Å². The number of aromatic nitrogens is 1. The average Bonchev–Trinajstić information content (AvgIpc) is 2.57. The van der Waals surface area contributed by atoms with Gasteiger partial charge < -0.3 is 10.2 Å². The van der Waals surface area contributed by atoms with Crippen LogP contribution in [0.2, 0.25) is 0 Å². The topological polar surface area (TPSA) is 45.2 Å². The molecule has 4 nitrogen and oxygen atoms in total. The van der Waals surface area contributed by atoms with E-state index in [2.05, 4.69) is 24.1 Å². The molecule has 0 aliphatic carbocycles. The van der Waals surface area contributed by atoms with Crippen molar-refractivity contribution in [2.45, 2.75) is 32.9 Å². The molecule has 1 amide bonds. The predicted octanol–water partition coefficient (Wildman–Crippen LogP) is 2.88. The number of pyridine rings is 1. The molecule has 1 N–H and O–H groups in total. The third kappa shape index (κ3) is 3.13. The van der Waals surface area contributed by atoms with Gasteiger partial charge in [0.15, 0.2) is 0 Å². The second-order valence-electron chi connectivity index (χ2n) is 6.18. The molecule has 1 fully saturated rings. The number of amides is 1. The minimum Gasteiger partial charge on any atom is -0.333 e. The number of nitrogens with one attached hydrogen (secondary N) is 1. The first-order chi connectivity index (χ1) is 11.1. The Bertz CT molecular complexity index is 699. The van der Waals surface area contributed by atoms with Crippen molar-refractivity contribution in [1.82, 2.24) is 15.2 Å². The largest absolute Gasteiger partial charge is 0.333 e. The summed E-state index contributed by atoms with van der Waals surface area (Å²) in [4.78, 5) is 19.5. The molecule has 2 atom stereocenters. The van der Waals surface area contributed by atoms with Gasteiger partial charge in [-0.05, 0) is 32.9 Å². The number of hydrogen-bond donors (Lipinski definition) is 1. The van der Waals surface area contributed by atoms with E-state index < -0.39 is 0 Å². The maximum absolute atomic E-state index is 12.9. The van der Waals surface area contributed by atoms with Gasteiger partial charge in [0.2, 0.25) is 0 Å². The highest BCUT2D eigenvalue weighted by molar-refractivity contribution is 5.95. The zero-order valence-corrected chi connectivity index (χ0v) is 13.9. The van der Waals surface area contributed by atoms with Gasteiger partial charge in [0.05, 0.1) is 17.0 Å². The SMILES string of the molecule is Cc1nc(-c2ccccc2)ccc1C(=O)N1CCNC(C)C1C. The Morgan fingerprint density at radius 2 is 1.91 bits per heavy atom. The van der Waals surface area contributed by atoms with Gasteiger partial charge in [-0.1, -0.05) is 30.3 Å². The zero-order chi connectivity index (χ0) is 16.4. The summed E-state index contributed by atoms with van der Waals surface area (Å²) in [5, 5.41) is 3.40. The molecule has 1 saturated heterocycles. The molecule has 2 unspecified atom stereocenters. The number of benzene rings is 1. The number of aryl methyl sites for hydroxylation is 1. The Hall–Kier alpha value is -2.20. The van der Waals surface area contributed by atoms with Crippen molar-refractivity contribution >= 4 is 5.91 Å². The summed E-state index contributed by atoms with van der Waals surface area (Å²) in [7, 11) is 0. The van der Waals surface area contributed by atoms with E-state index in [0.717, 1.165) is 30.0 Å². The van der Waals surface area contributed by atoms with Crippen molar-refractivity contribution in [2.75, 3.05) is 13.1 Å². The van der Waals surface area contributed by atoms with E-state index in [9.17, 15) is 4.79 Å². The van der Waals surface area contributed by atoms with E-state index in [4.69, 9.17) is 0 Å². The summed E-state index contributed by atoms with van der Waals surface area (Å²) in [6.45, 7) is 7.70. The summed E-state index contributed by atoms with van der Waals surface area (Å²) < 4.78 is 0. The number of rotatable bonds is 2. The monoisotopic (exact) mass is 309 g/mol. The molecule has 1 aromatic carbocycles. The van der Waals surface area contributed by atoms with Crippen LogP contribution < -0.4 is 5.32 Å². The molecule has 4 heteroatoms. The van der Waals surface area contributed by atoms with E-state index in [-0.39, 0.29) is 11.9 Å². The molecule has 120 valence electrons. The lowest BCUT2D eigenvalue weighted by Crippen LogP contribution is -2.57. The van der Waals surface area contributed by atoms with Gasteiger partial charge in [-0.25, -0.2) is 0 Å². The first-order valence-electron chi connectivity index (χ1n) is 8.15. The highest BCUT2D eigenvalue weighted by atomic mass is 16.2. The molecule has 0 spiro atoms. The van der Waals surface area contributed by atoms with E-state index in [1.165, 1.54) is 0 Å². The fraction of sp³-hybridized carbons (Fsp3) is 0.368. The Morgan fingerprint density at radius 3 is 2.61 bits per heavy atom. The molecule has 1 aliphatic rings. The highest BCUT2D eigenvalue weighted by Gasteiger charge is 2.29. The third-order valence-electron chi connectivity index (χ3n) is 4.68. The van der Waals surface area contributed by atoms with Gasteiger partial charge in [-0.15, -0.1) is 0 Å².